The fourth-order valence-corrected chi connectivity index (χ4v) is 3.32. The minimum atomic E-state index is -0.0717. The fourth-order valence-electron chi connectivity index (χ4n) is 3.32. The van der Waals surface area contributed by atoms with Gasteiger partial charge in [0.25, 0.3) is 0 Å². The van der Waals surface area contributed by atoms with Gasteiger partial charge in [0.15, 0.2) is 0 Å². The van der Waals surface area contributed by atoms with E-state index in [4.69, 9.17) is 0 Å². The van der Waals surface area contributed by atoms with Crippen molar-refractivity contribution in [3.05, 3.63) is 0 Å². The number of piperidine rings is 1. The topological polar surface area (TPSA) is 70.2 Å². The maximum atomic E-state index is 11.8. The molecule has 1 aliphatic heterocycles. The molecule has 1 unspecified atom stereocenters. The van der Waals surface area contributed by atoms with Crippen LogP contribution in [0.4, 0.5) is 0 Å². The van der Waals surface area contributed by atoms with Gasteiger partial charge in [-0.1, -0.05) is 19.3 Å². The van der Waals surface area contributed by atoms with Gasteiger partial charge in [-0.2, -0.15) is 0 Å². The van der Waals surface area contributed by atoms with Crippen molar-refractivity contribution in [1.82, 2.24) is 16.0 Å². The van der Waals surface area contributed by atoms with Crippen LogP contribution in [0.25, 0.3) is 0 Å². The summed E-state index contributed by atoms with van der Waals surface area (Å²) in [4.78, 5) is 23.6. The molecule has 5 nitrogen and oxygen atoms in total. The van der Waals surface area contributed by atoms with Crippen LogP contribution in [0, 0.1) is 11.8 Å². The molecule has 0 aromatic rings. The van der Waals surface area contributed by atoms with E-state index in [-0.39, 0.29) is 30.8 Å². The van der Waals surface area contributed by atoms with Crippen LogP contribution in [0.2, 0.25) is 0 Å². The van der Waals surface area contributed by atoms with Gasteiger partial charge in [-0.25, -0.2) is 0 Å². The quantitative estimate of drug-likeness (QED) is 0.692. The highest BCUT2D eigenvalue weighted by molar-refractivity contribution is 5.85. The maximum Gasteiger partial charge on any atom is 0.239 e. The van der Waals surface area contributed by atoms with E-state index in [1.165, 1.54) is 32.1 Å². The van der Waals surface area contributed by atoms with Crippen molar-refractivity contribution in [1.29, 1.82) is 0 Å². The fraction of sp³-hybridized carbons (Fsp3) is 0.875. The normalized spacial score (nSPS) is 22.5. The van der Waals surface area contributed by atoms with E-state index in [0.717, 1.165) is 25.9 Å². The summed E-state index contributed by atoms with van der Waals surface area (Å²) in [6.07, 6.45) is 9.04. The van der Waals surface area contributed by atoms with Gasteiger partial charge in [-0.15, -0.1) is 12.4 Å². The Bertz CT molecular complexity index is 340. The summed E-state index contributed by atoms with van der Waals surface area (Å²) in [5, 5.41) is 9.00. The Balaban J connectivity index is 0.00000242. The monoisotopic (exact) mass is 331 g/mol. The first kappa shape index (κ1) is 19.2. The van der Waals surface area contributed by atoms with Crippen molar-refractivity contribution in [2.45, 2.75) is 51.4 Å². The third-order valence-electron chi connectivity index (χ3n) is 4.63. The van der Waals surface area contributed by atoms with E-state index < -0.39 is 0 Å². The standard InChI is InChI=1S/C16H29N3O2.ClH/c20-15(9-13-5-2-1-3-6-13)19-12-16(21)18-11-14-7-4-8-17-10-14;/h13-14,17H,1-12H2,(H,18,21)(H,19,20);1H. The predicted molar refractivity (Wildman–Crippen MR) is 90.1 cm³/mol. The molecular formula is C16H30ClN3O2. The zero-order valence-electron chi connectivity index (χ0n) is 13.4. The Morgan fingerprint density at radius 2 is 1.64 bits per heavy atom. The highest BCUT2D eigenvalue weighted by Crippen LogP contribution is 2.25. The molecule has 3 N–H and O–H groups in total. The van der Waals surface area contributed by atoms with E-state index in [1.807, 2.05) is 0 Å². The van der Waals surface area contributed by atoms with E-state index >= 15 is 0 Å². The van der Waals surface area contributed by atoms with Gasteiger partial charge in [-0.3, -0.25) is 9.59 Å². The molecule has 1 aliphatic carbocycles. The molecule has 0 radical (unpaired) electrons. The van der Waals surface area contributed by atoms with Crippen LogP contribution in [0.15, 0.2) is 0 Å². The largest absolute Gasteiger partial charge is 0.354 e. The molecule has 1 saturated heterocycles. The lowest BCUT2D eigenvalue weighted by Gasteiger charge is -2.23. The lowest BCUT2D eigenvalue weighted by molar-refractivity contribution is -0.126. The average molecular weight is 332 g/mol. The molecule has 128 valence electrons. The van der Waals surface area contributed by atoms with E-state index in [0.29, 0.717) is 24.8 Å². The first-order valence-corrected chi connectivity index (χ1v) is 8.48. The van der Waals surface area contributed by atoms with Gasteiger partial charge in [0.2, 0.25) is 11.8 Å². The third kappa shape index (κ3) is 7.45. The van der Waals surface area contributed by atoms with Gasteiger partial charge in [-0.05, 0) is 50.6 Å². The predicted octanol–water partition coefficient (Wildman–Crippen LogP) is 1.61. The zero-order valence-corrected chi connectivity index (χ0v) is 14.2. The summed E-state index contributed by atoms with van der Waals surface area (Å²) >= 11 is 0. The van der Waals surface area contributed by atoms with Gasteiger partial charge < -0.3 is 16.0 Å². The van der Waals surface area contributed by atoms with Crippen LogP contribution in [-0.2, 0) is 9.59 Å². The molecule has 2 amide bonds. The van der Waals surface area contributed by atoms with E-state index in [1.54, 1.807) is 0 Å². The average Bonchev–Trinajstić information content (AvgIpc) is 2.53. The second kappa shape index (κ2) is 10.8. The number of carbonyl (C=O) groups is 2. The molecule has 1 atom stereocenters. The van der Waals surface area contributed by atoms with Crippen molar-refractivity contribution >= 4 is 24.2 Å². The number of nitrogens with one attached hydrogen (secondary N) is 3. The van der Waals surface area contributed by atoms with Crippen LogP contribution in [0.3, 0.4) is 0 Å². The number of amides is 2. The van der Waals surface area contributed by atoms with Crippen molar-refractivity contribution in [2.24, 2.45) is 11.8 Å². The molecule has 1 saturated carbocycles. The molecule has 22 heavy (non-hydrogen) atoms. The summed E-state index contributed by atoms with van der Waals surface area (Å²) in [5.74, 6) is 1.00. The van der Waals surface area contributed by atoms with Crippen molar-refractivity contribution in [3.63, 3.8) is 0 Å². The van der Waals surface area contributed by atoms with Crippen LogP contribution in [-0.4, -0.2) is 38.0 Å². The lowest BCUT2D eigenvalue weighted by atomic mass is 9.87. The first-order chi connectivity index (χ1) is 10.2. The van der Waals surface area contributed by atoms with Crippen LogP contribution in [0.1, 0.15) is 51.4 Å². The number of rotatable bonds is 6. The molecular weight excluding hydrogens is 302 g/mol. The Morgan fingerprint density at radius 3 is 2.32 bits per heavy atom. The molecule has 1 heterocycles. The number of halogens is 1. The Morgan fingerprint density at radius 1 is 0.909 bits per heavy atom. The van der Waals surface area contributed by atoms with Gasteiger partial charge in [0, 0.05) is 13.0 Å². The molecule has 6 heteroatoms. The SMILES string of the molecule is Cl.O=C(CNC(=O)CC1CCCCC1)NCC1CCCNC1. The minimum absolute atomic E-state index is 0. The van der Waals surface area contributed by atoms with E-state index in [2.05, 4.69) is 16.0 Å². The Kier molecular flexibility index (Phi) is 9.48. The summed E-state index contributed by atoms with van der Waals surface area (Å²) in [6.45, 7) is 2.89. The van der Waals surface area contributed by atoms with Crippen LogP contribution < -0.4 is 16.0 Å². The minimum Gasteiger partial charge on any atom is -0.354 e. The summed E-state index contributed by atoms with van der Waals surface area (Å²) in [5.41, 5.74) is 0. The molecule has 2 fully saturated rings. The lowest BCUT2D eigenvalue weighted by Crippen LogP contribution is -2.42. The van der Waals surface area contributed by atoms with Gasteiger partial charge in [0.05, 0.1) is 6.54 Å². The highest BCUT2D eigenvalue weighted by atomic mass is 35.5. The zero-order chi connectivity index (χ0) is 14.9. The van der Waals surface area contributed by atoms with Crippen molar-refractivity contribution < 1.29 is 9.59 Å². The maximum absolute atomic E-state index is 11.8. The van der Waals surface area contributed by atoms with Crippen molar-refractivity contribution in [2.75, 3.05) is 26.2 Å². The molecule has 0 aromatic heterocycles. The first-order valence-electron chi connectivity index (χ1n) is 8.48. The number of hydrogen-bond donors (Lipinski definition) is 3. The van der Waals surface area contributed by atoms with Gasteiger partial charge >= 0.3 is 0 Å². The van der Waals surface area contributed by atoms with Crippen LogP contribution >= 0.6 is 12.4 Å². The number of hydrogen-bond acceptors (Lipinski definition) is 3. The molecule has 2 aliphatic rings. The summed E-state index contributed by atoms with van der Waals surface area (Å²) in [7, 11) is 0. The second-order valence-corrected chi connectivity index (χ2v) is 6.50. The molecule has 0 aromatic carbocycles. The van der Waals surface area contributed by atoms with E-state index in [9.17, 15) is 9.59 Å². The number of carbonyl (C=O) groups excluding carboxylic acids is 2. The van der Waals surface area contributed by atoms with Gasteiger partial charge in [0.1, 0.15) is 0 Å². The molecule has 0 bridgehead atoms. The smallest absolute Gasteiger partial charge is 0.239 e. The molecule has 2 rings (SSSR count). The Hall–Kier alpha value is -0.810. The summed E-state index contributed by atoms with van der Waals surface area (Å²) < 4.78 is 0. The highest BCUT2D eigenvalue weighted by Gasteiger charge is 2.18. The third-order valence-corrected chi connectivity index (χ3v) is 4.63. The van der Waals surface area contributed by atoms with Crippen molar-refractivity contribution in [3.8, 4) is 0 Å². The summed E-state index contributed by atoms with van der Waals surface area (Å²) in [6, 6.07) is 0. The Labute approximate surface area is 139 Å². The van der Waals surface area contributed by atoms with Crippen LogP contribution in [0.5, 0.6) is 0 Å². The second-order valence-electron chi connectivity index (χ2n) is 6.50. The molecule has 0 spiro atoms.